The Bertz CT molecular complexity index is 1090. The zero-order chi connectivity index (χ0) is 22.6. The molecule has 1 aliphatic carbocycles. The second-order valence-electron chi connectivity index (χ2n) is 8.81. The molecular weight excluding hydrogens is 430 g/mol. The van der Waals surface area contributed by atoms with Crippen LogP contribution in [-0.2, 0) is 4.79 Å². The zero-order valence-corrected chi connectivity index (χ0v) is 19.4. The van der Waals surface area contributed by atoms with Gasteiger partial charge in [0.1, 0.15) is 0 Å². The first-order chi connectivity index (χ1) is 16.2. The number of pyridine rings is 1. The van der Waals surface area contributed by atoms with Gasteiger partial charge in [0.05, 0.1) is 17.8 Å². The third-order valence-corrected chi connectivity index (χ3v) is 7.01. The van der Waals surface area contributed by atoms with Crippen LogP contribution in [0.2, 0.25) is 0 Å². The van der Waals surface area contributed by atoms with E-state index in [1.54, 1.807) is 0 Å². The summed E-state index contributed by atoms with van der Waals surface area (Å²) >= 11 is 5.74. The molecule has 2 aromatic heterocycles. The highest BCUT2D eigenvalue weighted by molar-refractivity contribution is 7.80. The van der Waals surface area contributed by atoms with E-state index in [9.17, 15) is 4.79 Å². The number of anilines is 1. The van der Waals surface area contributed by atoms with Gasteiger partial charge in [-0.3, -0.25) is 9.78 Å². The SMILES string of the molecule is O=C(CCN1C(=S)N[C@@H](c2ccccn2)[C@H]1c1ccn(C2CCCC2)c1)Nc1ccccc1. The smallest absolute Gasteiger partial charge is 0.226 e. The number of nitrogens with zero attached hydrogens (tertiary/aromatic N) is 3. The average Bonchev–Trinajstić information content (AvgIpc) is 3.59. The minimum atomic E-state index is -0.0599. The van der Waals surface area contributed by atoms with Crippen LogP contribution < -0.4 is 10.6 Å². The van der Waals surface area contributed by atoms with Crippen LogP contribution in [0.25, 0.3) is 0 Å². The predicted molar refractivity (Wildman–Crippen MR) is 134 cm³/mol. The molecule has 3 heterocycles. The van der Waals surface area contributed by atoms with E-state index in [-0.39, 0.29) is 18.0 Å². The summed E-state index contributed by atoms with van der Waals surface area (Å²) in [6.07, 6.45) is 11.7. The summed E-state index contributed by atoms with van der Waals surface area (Å²) in [7, 11) is 0. The molecule has 1 aliphatic heterocycles. The number of carbonyl (C=O) groups excluding carboxylic acids is 1. The van der Waals surface area contributed by atoms with Crippen molar-refractivity contribution in [1.29, 1.82) is 0 Å². The van der Waals surface area contributed by atoms with Crippen molar-refractivity contribution in [2.45, 2.75) is 50.2 Å². The van der Waals surface area contributed by atoms with Crippen molar-refractivity contribution in [2.75, 3.05) is 11.9 Å². The van der Waals surface area contributed by atoms with Gasteiger partial charge in [0.15, 0.2) is 5.11 Å². The third-order valence-electron chi connectivity index (χ3n) is 6.66. The number of hydrogen-bond acceptors (Lipinski definition) is 3. The first kappa shape index (κ1) is 21.6. The standard InChI is InChI=1S/C26H29N5OS/c32-23(28-20-8-2-1-3-9-20)14-17-31-25(19-13-16-30(18-19)21-10-4-5-11-21)24(29-26(31)33)22-12-6-7-15-27-22/h1-3,6-9,12-13,15-16,18,21,24-25H,4-5,10-11,14,17H2,(H,28,32)(H,29,33)/t24-,25+/m0/s1. The summed E-state index contributed by atoms with van der Waals surface area (Å²) in [5, 5.41) is 7.11. The molecule has 7 heteroatoms. The van der Waals surface area contributed by atoms with Gasteiger partial charge in [-0.2, -0.15) is 0 Å². The second kappa shape index (κ2) is 9.75. The van der Waals surface area contributed by atoms with E-state index in [1.165, 1.54) is 31.2 Å². The summed E-state index contributed by atoms with van der Waals surface area (Å²) in [5.74, 6) is -0.0208. The maximum atomic E-state index is 12.6. The van der Waals surface area contributed by atoms with Crippen LogP contribution in [0.3, 0.4) is 0 Å². The first-order valence-electron chi connectivity index (χ1n) is 11.7. The Morgan fingerprint density at radius 2 is 1.88 bits per heavy atom. The summed E-state index contributed by atoms with van der Waals surface area (Å²) in [4.78, 5) is 19.4. The molecule has 1 saturated carbocycles. The molecule has 0 radical (unpaired) electrons. The number of carbonyl (C=O) groups is 1. The number of benzene rings is 1. The van der Waals surface area contributed by atoms with Gasteiger partial charge in [-0.1, -0.05) is 37.1 Å². The first-order valence-corrected chi connectivity index (χ1v) is 12.1. The maximum Gasteiger partial charge on any atom is 0.226 e. The number of hydrogen-bond donors (Lipinski definition) is 2. The van der Waals surface area contributed by atoms with Crippen LogP contribution in [-0.4, -0.2) is 32.0 Å². The Morgan fingerprint density at radius 3 is 2.64 bits per heavy atom. The molecule has 2 aliphatic rings. The van der Waals surface area contributed by atoms with Crippen molar-refractivity contribution in [2.24, 2.45) is 0 Å². The van der Waals surface area contributed by atoms with Crippen LogP contribution in [0.15, 0.2) is 73.2 Å². The Hall–Kier alpha value is -3.19. The number of para-hydroxylation sites is 1. The van der Waals surface area contributed by atoms with Crippen LogP contribution in [0, 0.1) is 0 Å². The minimum Gasteiger partial charge on any atom is -0.352 e. The monoisotopic (exact) mass is 459 g/mol. The van der Waals surface area contributed by atoms with E-state index in [2.05, 4.69) is 43.5 Å². The van der Waals surface area contributed by atoms with Gasteiger partial charge in [-0.15, -0.1) is 0 Å². The van der Waals surface area contributed by atoms with Crippen molar-refractivity contribution in [3.8, 4) is 0 Å². The highest BCUT2D eigenvalue weighted by Crippen LogP contribution is 2.40. The third kappa shape index (κ3) is 4.78. The number of nitrogens with one attached hydrogen (secondary N) is 2. The lowest BCUT2D eigenvalue weighted by molar-refractivity contribution is -0.116. The summed E-state index contributed by atoms with van der Waals surface area (Å²) < 4.78 is 2.36. The normalized spacial score (nSPS) is 20.7. The molecule has 1 amide bonds. The fourth-order valence-corrected chi connectivity index (χ4v) is 5.34. The van der Waals surface area contributed by atoms with E-state index in [1.807, 2.05) is 54.7 Å². The van der Waals surface area contributed by atoms with Gasteiger partial charge in [0.25, 0.3) is 0 Å². The van der Waals surface area contributed by atoms with Gasteiger partial charge in [0, 0.05) is 43.3 Å². The van der Waals surface area contributed by atoms with E-state index < -0.39 is 0 Å². The van der Waals surface area contributed by atoms with Gasteiger partial charge in [-0.05, 0) is 61.0 Å². The maximum absolute atomic E-state index is 12.6. The van der Waals surface area contributed by atoms with Gasteiger partial charge in [0.2, 0.25) is 5.91 Å². The molecular formula is C26H29N5OS. The molecule has 0 unspecified atom stereocenters. The number of rotatable bonds is 7. The fraction of sp³-hybridized carbons (Fsp3) is 0.346. The van der Waals surface area contributed by atoms with E-state index in [0.29, 0.717) is 24.1 Å². The van der Waals surface area contributed by atoms with Gasteiger partial charge >= 0.3 is 0 Å². The Labute approximate surface area is 200 Å². The lowest BCUT2D eigenvalue weighted by atomic mass is 9.99. The molecule has 2 N–H and O–H groups in total. The highest BCUT2D eigenvalue weighted by atomic mass is 32.1. The Balaban J connectivity index is 1.36. The Morgan fingerprint density at radius 1 is 1.09 bits per heavy atom. The fourth-order valence-electron chi connectivity index (χ4n) is 5.01. The van der Waals surface area contributed by atoms with Crippen molar-refractivity contribution in [1.82, 2.24) is 19.8 Å². The minimum absolute atomic E-state index is 0.0143. The molecule has 2 fully saturated rings. The van der Waals surface area contributed by atoms with Crippen LogP contribution in [0.5, 0.6) is 0 Å². The topological polar surface area (TPSA) is 62.2 Å². The summed E-state index contributed by atoms with van der Waals surface area (Å²) in [6.45, 7) is 0.535. The lowest BCUT2D eigenvalue weighted by Crippen LogP contribution is -2.32. The second-order valence-corrected chi connectivity index (χ2v) is 9.20. The molecule has 0 spiro atoms. The highest BCUT2D eigenvalue weighted by Gasteiger charge is 2.40. The van der Waals surface area contributed by atoms with Gasteiger partial charge < -0.3 is 20.1 Å². The zero-order valence-electron chi connectivity index (χ0n) is 18.6. The van der Waals surface area contributed by atoms with Gasteiger partial charge in [-0.25, -0.2) is 0 Å². The van der Waals surface area contributed by atoms with Crippen molar-refractivity contribution in [3.05, 3.63) is 84.4 Å². The molecule has 3 aromatic rings. The molecule has 1 saturated heterocycles. The molecule has 1 aromatic carbocycles. The molecule has 2 atom stereocenters. The largest absolute Gasteiger partial charge is 0.352 e. The molecule has 0 bridgehead atoms. The number of thiocarbonyl (C=S) groups is 1. The van der Waals surface area contributed by atoms with Crippen molar-refractivity contribution in [3.63, 3.8) is 0 Å². The summed E-state index contributed by atoms with van der Waals surface area (Å²) in [6, 6.07) is 18.2. The molecule has 5 rings (SSSR count). The van der Waals surface area contributed by atoms with Crippen LogP contribution >= 0.6 is 12.2 Å². The van der Waals surface area contributed by atoms with E-state index in [0.717, 1.165) is 11.4 Å². The average molecular weight is 460 g/mol. The predicted octanol–water partition coefficient (Wildman–Crippen LogP) is 5.00. The quantitative estimate of drug-likeness (QED) is 0.487. The number of amides is 1. The number of aromatic nitrogens is 2. The van der Waals surface area contributed by atoms with E-state index >= 15 is 0 Å². The molecule has 170 valence electrons. The van der Waals surface area contributed by atoms with Crippen LogP contribution in [0.4, 0.5) is 5.69 Å². The van der Waals surface area contributed by atoms with E-state index in [4.69, 9.17) is 12.2 Å². The molecule has 6 nitrogen and oxygen atoms in total. The molecule has 33 heavy (non-hydrogen) atoms. The lowest BCUT2D eigenvalue weighted by Gasteiger charge is -2.27. The van der Waals surface area contributed by atoms with Crippen LogP contribution in [0.1, 0.15) is 61.5 Å². The summed E-state index contributed by atoms with van der Waals surface area (Å²) in [5.41, 5.74) is 2.96. The van der Waals surface area contributed by atoms with Crippen molar-refractivity contribution < 1.29 is 4.79 Å². The Kier molecular flexibility index (Phi) is 6.39. The van der Waals surface area contributed by atoms with Crippen molar-refractivity contribution >= 4 is 28.9 Å².